The lowest BCUT2D eigenvalue weighted by Crippen LogP contribution is -2.69. The third kappa shape index (κ3) is 12.4. The Kier molecular flexibility index (Phi) is 16.6. The largest absolute Gasteiger partial charge is 0.467 e. The fraction of sp³-hybridized carbons (Fsp3) is 0.600. The zero-order valence-corrected chi connectivity index (χ0v) is 30.0. The van der Waals surface area contributed by atoms with Gasteiger partial charge in [-0.1, -0.05) is 36.4 Å². The zero-order chi connectivity index (χ0) is 38.4. The molecule has 0 aromatic heterocycles. The molecule has 1 aromatic carbocycles. The fourth-order valence-electron chi connectivity index (χ4n) is 5.67. The van der Waals surface area contributed by atoms with Gasteiger partial charge in [-0.25, -0.2) is 4.79 Å². The Balaban J connectivity index is 2.17. The highest BCUT2D eigenvalue weighted by atomic mass is 16.8. The molecule has 0 radical (unpaired) electrons. The molecule has 0 aliphatic carbocycles. The van der Waals surface area contributed by atoms with E-state index < -0.39 is 104 Å². The van der Waals surface area contributed by atoms with Gasteiger partial charge in [0.2, 0.25) is 5.91 Å². The standard InChI is InChI=1S/C35H47NO16/c1-8-9-13-16-44-34-26(36-19(2)37)28(46-17-24-14-11-10-12-15-24)27(25(50-34)18-45-20(3)38)51-35-32(49-23(6)41)30(48-22(5)40)29(47-21(4)39)31(52-35)33(42)43-7/h8,10-12,14-15,25-32,34-35H,1,9,13,16-18H2,2-7H3,(H,36,37)/t25-,26-,27-,28-,29+,30+,31+,32-,34+,35-/m1/s1. The van der Waals surface area contributed by atoms with Gasteiger partial charge >= 0.3 is 29.8 Å². The summed E-state index contributed by atoms with van der Waals surface area (Å²) in [6.45, 7) is 9.11. The van der Waals surface area contributed by atoms with Crippen molar-refractivity contribution in [3.63, 3.8) is 0 Å². The van der Waals surface area contributed by atoms with Gasteiger partial charge in [-0.05, 0) is 18.4 Å². The number of ether oxygens (including phenoxy) is 10. The lowest BCUT2D eigenvalue weighted by atomic mass is 9.94. The van der Waals surface area contributed by atoms with Crippen LogP contribution >= 0.6 is 0 Å². The zero-order valence-electron chi connectivity index (χ0n) is 30.0. The molecule has 0 unspecified atom stereocenters. The first-order valence-electron chi connectivity index (χ1n) is 16.6. The third-order valence-corrected chi connectivity index (χ3v) is 7.71. The molecule has 3 rings (SSSR count). The van der Waals surface area contributed by atoms with Gasteiger partial charge in [0.1, 0.15) is 31.0 Å². The number of benzene rings is 1. The minimum atomic E-state index is -1.77. The minimum Gasteiger partial charge on any atom is -0.467 e. The molecule has 2 aliphatic heterocycles. The van der Waals surface area contributed by atoms with Crippen molar-refractivity contribution in [2.24, 2.45) is 0 Å². The third-order valence-electron chi connectivity index (χ3n) is 7.71. The molecule has 17 heteroatoms. The molecule has 0 spiro atoms. The van der Waals surface area contributed by atoms with Crippen LogP contribution in [0.3, 0.4) is 0 Å². The van der Waals surface area contributed by atoms with E-state index in [-0.39, 0.29) is 13.2 Å². The summed E-state index contributed by atoms with van der Waals surface area (Å²) in [7, 11) is 1.05. The van der Waals surface area contributed by atoms with Crippen LogP contribution in [0.2, 0.25) is 0 Å². The molecule has 288 valence electrons. The topological polar surface area (TPSA) is 207 Å². The van der Waals surface area contributed by atoms with Gasteiger partial charge in [0.05, 0.1) is 20.3 Å². The summed E-state index contributed by atoms with van der Waals surface area (Å²) < 4.78 is 57.9. The van der Waals surface area contributed by atoms with Crippen LogP contribution in [0, 0.1) is 0 Å². The van der Waals surface area contributed by atoms with Gasteiger partial charge in [0, 0.05) is 34.6 Å². The molecule has 2 aliphatic rings. The van der Waals surface area contributed by atoms with E-state index in [9.17, 15) is 28.8 Å². The van der Waals surface area contributed by atoms with Crippen LogP contribution in [0.4, 0.5) is 0 Å². The van der Waals surface area contributed by atoms with Crippen LogP contribution < -0.4 is 5.32 Å². The molecule has 10 atom stereocenters. The molecule has 0 saturated carbocycles. The van der Waals surface area contributed by atoms with Crippen molar-refractivity contribution in [3.8, 4) is 0 Å². The number of esters is 5. The Morgan fingerprint density at radius 1 is 0.769 bits per heavy atom. The Bertz CT molecular complexity index is 1390. The summed E-state index contributed by atoms with van der Waals surface area (Å²) >= 11 is 0. The van der Waals surface area contributed by atoms with E-state index in [4.69, 9.17) is 47.4 Å². The highest BCUT2D eigenvalue weighted by molar-refractivity contribution is 5.77. The monoisotopic (exact) mass is 737 g/mol. The maximum atomic E-state index is 13.1. The van der Waals surface area contributed by atoms with Crippen molar-refractivity contribution in [1.29, 1.82) is 0 Å². The van der Waals surface area contributed by atoms with Crippen LogP contribution in [-0.2, 0) is 82.7 Å². The maximum Gasteiger partial charge on any atom is 0.339 e. The number of hydrogen-bond donors (Lipinski definition) is 1. The van der Waals surface area contributed by atoms with Crippen molar-refractivity contribution >= 4 is 35.8 Å². The van der Waals surface area contributed by atoms with Crippen molar-refractivity contribution in [2.75, 3.05) is 20.3 Å². The van der Waals surface area contributed by atoms with Crippen molar-refractivity contribution in [2.45, 2.75) is 115 Å². The minimum absolute atomic E-state index is 0.0147. The average molecular weight is 738 g/mol. The van der Waals surface area contributed by atoms with E-state index in [2.05, 4.69) is 11.9 Å². The molecule has 1 aromatic rings. The van der Waals surface area contributed by atoms with Gasteiger partial charge in [0.25, 0.3) is 0 Å². The first kappa shape index (κ1) is 42.0. The van der Waals surface area contributed by atoms with Crippen LogP contribution in [0.15, 0.2) is 43.0 Å². The second kappa shape index (κ2) is 20.6. The average Bonchev–Trinajstić information content (AvgIpc) is 3.08. The molecule has 2 fully saturated rings. The van der Waals surface area contributed by atoms with Crippen molar-refractivity contribution in [3.05, 3.63) is 48.6 Å². The highest BCUT2D eigenvalue weighted by Gasteiger charge is 2.58. The molecule has 2 saturated heterocycles. The molecule has 52 heavy (non-hydrogen) atoms. The predicted molar refractivity (Wildman–Crippen MR) is 176 cm³/mol. The number of rotatable bonds is 17. The lowest BCUT2D eigenvalue weighted by molar-refractivity contribution is -0.349. The maximum absolute atomic E-state index is 13.1. The number of carbonyl (C=O) groups excluding carboxylic acids is 6. The number of allylic oxidation sites excluding steroid dienone is 1. The first-order chi connectivity index (χ1) is 24.7. The van der Waals surface area contributed by atoms with E-state index in [1.165, 1.54) is 13.8 Å². The highest BCUT2D eigenvalue weighted by Crippen LogP contribution is 2.35. The Morgan fingerprint density at radius 2 is 1.40 bits per heavy atom. The van der Waals surface area contributed by atoms with E-state index in [0.717, 1.165) is 33.4 Å². The summed E-state index contributed by atoms with van der Waals surface area (Å²) in [5.41, 5.74) is 0.742. The SMILES string of the molecule is C=CCCCO[C@H]1O[C@H](COC(C)=O)[C@@H](O[C@@H]2O[C@H](C(=O)OC)[C@@H](OC(C)=O)[C@H](OC(C)=O)[C@H]2OC(C)=O)[C@H](OCc2ccccc2)[C@H]1NC(C)=O. The van der Waals surface area contributed by atoms with E-state index in [1.54, 1.807) is 18.2 Å². The normalized spacial score (nSPS) is 28.4. The van der Waals surface area contributed by atoms with Crippen LogP contribution in [-0.4, -0.2) is 117 Å². The predicted octanol–water partition coefficient (Wildman–Crippen LogP) is 1.43. The number of hydrogen-bond acceptors (Lipinski definition) is 16. The van der Waals surface area contributed by atoms with Crippen LogP contribution in [0.1, 0.15) is 53.0 Å². The first-order valence-corrected chi connectivity index (χ1v) is 16.6. The van der Waals surface area contributed by atoms with Gasteiger partial charge in [-0.15, -0.1) is 6.58 Å². The Labute approximate surface area is 301 Å². The van der Waals surface area contributed by atoms with Crippen molar-refractivity contribution in [1.82, 2.24) is 5.32 Å². The summed E-state index contributed by atoms with van der Waals surface area (Å²) in [6, 6.07) is 7.98. The van der Waals surface area contributed by atoms with Gasteiger partial charge in [-0.3, -0.25) is 24.0 Å². The summed E-state index contributed by atoms with van der Waals surface area (Å²) in [6.07, 6.45) is -10.5. The summed E-state index contributed by atoms with van der Waals surface area (Å²) in [5, 5.41) is 2.81. The Morgan fingerprint density at radius 3 is 1.98 bits per heavy atom. The molecule has 1 N–H and O–H groups in total. The second-order valence-corrected chi connectivity index (χ2v) is 11.9. The van der Waals surface area contributed by atoms with E-state index in [1.807, 2.05) is 18.2 Å². The second-order valence-electron chi connectivity index (χ2n) is 11.9. The smallest absolute Gasteiger partial charge is 0.339 e. The molecule has 0 bridgehead atoms. The number of nitrogens with one attached hydrogen (secondary N) is 1. The molecular weight excluding hydrogens is 690 g/mol. The summed E-state index contributed by atoms with van der Waals surface area (Å²) in [5.74, 6) is -4.83. The van der Waals surface area contributed by atoms with Gasteiger partial charge in [0.15, 0.2) is 37.0 Å². The molecule has 1 amide bonds. The molecule has 2 heterocycles. The van der Waals surface area contributed by atoms with Crippen LogP contribution in [0.25, 0.3) is 0 Å². The van der Waals surface area contributed by atoms with Crippen LogP contribution in [0.5, 0.6) is 0 Å². The van der Waals surface area contributed by atoms with Gasteiger partial charge in [-0.2, -0.15) is 0 Å². The number of methoxy groups -OCH3 is 1. The lowest BCUT2D eigenvalue weighted by Gasteiger charge is -2.49. The molecular formula is C35H47NO16. The fourth-order valence-corrected chi connectivity index (χ4v) is 5.67. The number of amides is 1. The van der Waals surface area contributed by atoms with E-state index >= 15 is 0 Å². The Hall–Kier alpha value is -4.42. The quantitative estimate of drug-likeness (QED) is 0.104. The van der Waals surface area contributed by atoms with Gasteiger partial charge < -0.3 is 52.7 Å². The van der Waals surface area contributed by atoms with Crippen molar-refractivity contribution < 1.29 is 76.1 Å². The molecule has 17 nitrogen and oxygen atoms in total. The number of unbranched alkanes of at least 4 members (excludes halogenated alkanes) is 1. The summed E-state index contributed by atoms with van der Waals surface area (Å²) in [4.78, 5) is 74.7. The number of carbonyl (C=O) groups is 6. The van der Waals surface area contributed by atoms with E-state index in [0.29, 0.717) is 12.8 Å².